The average molecular weight is 299 g/mol. The third kappa shape index (κ3) is 3.81. The van der Waals surface area contributed by atoms with Crippen molar-refractivity contribution in [3.05, 3.63) is 41.5 Å². The summed E-state index contributed by atoms with van der Waals surface area (Å²) in [4.78, 5) is 6.11. The zero-order valence-corrected chi connectivity index (χ0v) is 12.3. The van der Waals surface area contributed by atoms with Crippen LogP contribution in [-0.4, -0.2) is 27.7 Å². The summed E-state index contributed by atoms with van der Waals surface area (Å²) in [5, 5.41) is 0.776. The summed E-state index contributed by atoms with van der Waals surface area (Å²) in [5.74, 6) is 0.654. The predicted molar refractivity (Wildman–Crippen MR) is 76.2 cm³/mol. The van der Waals surface area contributed by atoms with Crippen LogP contribution in [0.15, 0.2) is 24.3 Å². The van der Waals surface area contributed by atoms with Gasteiger partial charge in [-0.15, -0.1) is 0 Å². The van der Waals surface area contributed by atoms with Gasteiger partial charge in [0.2, 0.25) is 5.13 Å². The molecule has 1 atom stereocenters. The number of nitrogens with zero attached hydrogens (tertiary/aromatic N) is 3. The van der Waals surface area contributed by atoms with Gasteiger partial charge in [0.05, 0.1) is 11.5 Å². The minimum atomic E-state index is -1.21. The van der Waals surface area contributed by atoms with Crippen molar-refractivity contribution >= 4 is 27.5 Å². The third-order valence-electron chi connectivity index (χ3n) is 2.40. The molecule has 0 radical (unpaired) electrons. The average Bonchev–Trinajstić information content (AvgIpc) is 2.80. The molecule has 1 heterocycles. The molecule has 0 fully saturated rings. The van der Waals surface area contributed by atoms with Crippen LogP contribution in [0.1, 0.15) is 11.4 Å². The van der Waals surface area contributed by atoms with E-state index in [-0.39, 0.29) is 17.3 Å². The van der Waals surface area contributed by atoms with Crippen LogP contribution >= 0.6 is 11.5 Å². The Bertz CT molecular complexity index is 586. The Morgan fingerprint density at radius 1 is 1.32 bits per heavy atom. The lowest BCUT2D eigenvalue weighted by Gasteiger charge is -2.04. The molecule has 1 aromatic carbocycles. The van der Waals surface area contributed by atoms with Crippen molar-refractivity contribution in [1.29, 1.82) is 0 Å². The fourth-order valence-electron chi connectivity index (χ4n) is 1.47. The molecular weight excluding hydrogens is 285 g/mol. The minimum Gasteiger partial charge on any atom is -0.353 e. The van der Waals surface area contributed by atoms with Crippen LogP contribution in [0.2, 0.25) is 0 Å². The van der Waals surface area contributed by atoms with Gasteiger partial charge in [-0.1, -0.05) is 18.2 Å². The van der Waals surface area contributed by atoms with Gasteiger partial charge in [-0.2, -0.15) is 4.37 Å². The van der Waals surface area contributed by atoms with E-state index >= 15 is 0 Å². The second-order valence-electron chi connectivity index (χ2n) is 4.21. The van der Waals surface area contributed by atoms with Gasteiger partial charge in [0, 0.05) is 42.0 Å². The van der Waals surface area contributed by atoms with Crippen LogP contribution in [-0.2, 0) is 22.3 Å². The van der Waals surface area contributed by atoms with Gasteiger partial charge in [0.15, 0.2) is 5.82 Å². The molecule has 0 aliphatic rings. The van der Waals surface area contributed by atoms with Crippen LogP contribution in [0.3, 0.4) is 0 Å². The van der Waals surface area contributed by atoms with Gasteiger partial charge in [0.1, 0.15) is 5.82 Å². The predicted octanol–water partition coefficient (Wildman–Crippen LogP) is 2.19. The molecule has 102 valence electrons. The summed E-state index contributed by atoms with van der Waals surface area (Å²) in [5.41, 5.74) is 0.462. The first-order chi connectivity index (χ1) is 9.06. The summed E-state index contributed by atoms with van der Waals surface area (Å²) >= 11 is 1.27. The maximum Gasteiger partial charge on any atom is 0.204 e. The summed E-state index contributed by atoms with van der Waals surface area (Å²) < 4.78 is 29.5. The molecule has 7 heteroatoms. The van der Waals surface area contributed by atoms with E-state index in [9.17, 15) is 8.60 Å². The van der Waals surface area contributed by atoms with Gasteiger partial charge in [-0.3, -0.25) is 4.21 Å². The number of aromatic nitrogens is 2. The number of hydrogen-bond acceptors (Lipinski definition) is 5. The molecule has 1 aromatic heterocycles. The molecule has 0 unspecified atom stereocenters. The van der Waals surface area contributed by atoms with E-state index in [1.54, 1.807) is 18.2 Å². The molecule has 0 bridgehead atoms. The number of anilines is 1. The Labute approximate surface area is 117 Å². The monoisotopic (exact) mass is 299 g/mol. The Morgan fingerprint density at radius 3 is 2.68 bits per heavy atom. The van der Waals surface area contributed by atoms with E-state index < -0.39 is 10.8 Å². The highest BCUT2D eigenvalue weighted by Gasteiger charge is 2.11. The van der Waals surface area contributed by atoms with E-state index in [2.05, 4.69) is 9.36 Å². The minimum absolute atomic E-state index is 0.184. The van der Waals surface area contributed by atoms with Crippen LogP contribution in [0, 0.1) is 5.82 Å². The molecule has 0 aliphatic heterocycles. The van der Waals surface area contributed by atoms with E-state index in [0.717, 1.165) is 5.13 Å². The second-order valence-corrected chi connectivity index (χ2v) is 6.39. The number of hydrogen-bond donors (Lipinski definition) is 0. The molecule has 0 saturated heterocycles. The first kappa shape index (κ1) is 14.1. The number of rotatable bonds is 5. The smallest absolute Gasteiger partial charge is 0.204 e. The molecule has 0 spiro atoms. The molecule has 19 heavy (non-hydrogen) atoms. The quantitative estimate of drug-likeness (QED) is 0.849. The first-order valence-corrected chi connectivity index (χ1v) is 7.90. The first-order valence-electron chi connectivity index (χ1n) is 5.64. The van der Waals surface area contributed by atoms with Crippen LogP contribution in [0.25, 0.3) is 0 Å². The maximum atomic E-state index is 13.4. The van der Waals surface area contributed by atoms with Crippen molar-refractivity contribution in [2.45, 2.75) is 11.5 Å². The lowest BCUT2D eigenvalue weighted by molar-refractivity contribution is 0.615. The van der Waals surface area contributed by atoms with Crippen LogP contribution < -0.4 is 4.90 Å². The zero-order valence-electron chi connectivity index (χ0n) is 10.7. The summed E-state index contributed by atoms with van der Waals surface area (Å²) in [6.45, 7) is 0. The van der Waals surface area contributed by atoms with Gasteiger partial charge >= 0.3 is 0 Å². The van der Waals surface area contributed by atoms with Gasteiger partial charge in [-0.25, -0.2) is 9.37 Å². The van der Waals surface area contributed by atoms with Crippen molar-refractivity contribution < 1.29 is 8.60 Å². The van der Waals surface area contributed by atoms with Crippen molar-refractivity contribution in [2.75, 3.05) is 19.0 Å². The summed E-state index contributed by atoms with van der Waals surface area (Å²) in [7, 11) is 2.54. The Kier molecular flexibility index (Phi) is 4.60. The molecule has 0 N–H and O–H groups in total. The zero-order chi connectivity index (χ0) is 13.8. The van der Waals surface area contributed by atoms with Crippen LogP contribution in [0.4, 0.5) is 9.52 Å². The summed E-state index contributed by atoms with van der Waals surface area (Å²) in [6.07, 6.45) is 0. The third-order valence-corrected chi connectivity index (χ3v) is 4.54. The molecular formula is C12H14FN3OS2. The normalized spacial score (nSPS) is 12.4. The highest BCUT2D eigenvalue weighted by molar-refractivity contribution is 7.83. The SMILES string of the molecule is CN(C)c1nc(C[S@](=O)Cc2ccccc2F)ns1. The Hall–Kier alpha value is -1.34. The molecule has 0 saturated carbocycles. The van der Waals surface area contributed by atoms with Crippen molar-refractivity contribution in [1.82, 2.24) is 9.36 Å². The molecule has 2 aromatic rings. The van der Waals surface area contributed by atoms with Crippen molar-refractivity contribution in [2.24, 2.45) is 0 Å². The number of benzene rings is 1. The van der Waals surface area contributed by atoms with Gasteiger partial charge < -0.3 is 4.90 Å². The van der Waals surface area contributed by atoms with Gasteiger partial charge in [-0.05, 0) is 6.07 Å². The molecule has 0 aliphatic carbocycles. The summed E-state index contributed by atoms with van der Waals surface area (Å²) in [6, 6.07) is 6.37. The largest absolute Gasteiger partial charge is 0.353 e. The fourth-order valence-corrected chi connectivity index (χ4v) is 3.25. The van der Waals surface area contributed by atoms with Gasteiger partial charge in [0.25, 0.3) is 0 Å². The topological polar surface area (TPSA) is 46.1 Å². The highest BCUT2D eigenvalue weighted by Crippen LogP contribution is 2.16. The standard InChI is InChI=1S/C12H14FN3OS2/c1-16(2)12-14-11(15-18-12)8-19(17)7-9-5-3-4-6-10(9)13/h3-6H,7-8H2,1-2H3/t19-/m1/s1. The fraction of sp³-hybridized carbons (Fsp3) is 0.333. The van der Waals surface area contributed by atoms with E-state index in [1.165, 1.54) is 17.6 Å². The molecule has 2 rings (SSSR count). The lowest BCUT2D eigenvalue weighted by Crippen LogP contribution is -2.08. The van der Waals surface area contributed by atoms with Crippen molar-refractivity contribution in [3.63, 3.8) is 0 Å². The Morgan fingerprint density at radius 2 is 2.05 bits per heavy atom. The maximum absolute atomic E-state index is 13.4. The van der Waals surface area contributed by atoms with E-state index in [0.29, 0.717) is 11.4 Å². The number of halogens is 1. The molecule has 4 nitrogen and oxygen atoms in total. The Balaban J connectivity index is 1.99. The highest BCUT2D eigenvalue weighted by atomic mass is 32.2. The second kappa shape index (κ2) is 6.21. The van der Waals surface area contributed by atoms with Crippen molar-refractivity contribution in [3.8, 4) is 0 Å². The van der Waals surface area contributed by atoms with E-state index in [4.69, 9.17) is 0 Å². The van der Waals surface area contributed by atoms with Crippen LogP contribution in [0.5, 0.6) is 0 Å². The van der Waals surface area contributed by atoms with E-state index in [1.807, 2.05) is 19.0 Å². The molecule has 0 amide bonds. The lowest BCUT2D eigenvalue weighted by atomic mass is 10.2.